The van der Waals surface area contributed by atoms with E-state index in [2.05, 4.69) is 51.3 Å². The monoisotopic (exact) mass is 453 g/mol. The molecule has 1 heterocycles. The first-order valence-electron chi connectivity index (χ1n) is 8.75. The van der Waals surface area contributed by atoms with E-state index in [1.165, 1.54) is 19.3 Å². The molecule has 5 nitrogen and oxygen atoms in total. The third-order valence-electron chi connectivity index (χ3n) is 4.57. The standard InChI is InChI=1S/C19H27N5.HI/c1-4-8-15-11-16(15)23-19(20-2)24(3)13-18-21-12-17(22-18)14-9-6-5-7-10-14;/h5-7,9-10,12,15-16H,4,8,11,13H2,1-3H3,(H,20,23)(H,21,22);1H. The molecule has 1 aromatic carbocycles. The summed E-state index contributed by atoms with van der Waals surface area (Å²) in [5.41, 5.74) is 2.20. The van der Waals surface area contributed by atoms with Crippen molar-refractivity contribution in [1.82, 2.24) is 20.2 Å². The lowest BCUT2D eigenvalue weighted by atomic mass is 10.2. The van der Waals surface area contributed by atoms with Crippen LogP contribution in [0.1, 0.15) is 32.0 Å². The van der Waals surface area contributed by atoms with Crippen LogP contribution < -0.4 is 5.32 Å². The zero-order chi connectivity index (χ0) is 16.9. The second-order valence-corrected chi connectivity index (χ2v) is 6.55. The summed E-state index contributed by atoms with van der Waals surface area (Å²) in [6.45, 7) is 2.95. The van der Waals surface area contributed by atoms with Gasteiger partial charge in [0.1, 0.15) is 5.82 Å². The van der Waals surface area contributed by atoms with Crippen molar-refractivity contribution in [3.63, 3.8) is 0 Å². The summed E-state index contributed by atoms with van der Waals surface area (Å²) in [6, 6.07) is 10.9. The highest BCUT2D eigenvalue weighted by molar-refractivity contribution is 14.0. The van der Waals surface area contributed by atoms with Crippen LogP contribution in [-0.2, 0) is 6.54 Å². The van der Waals surface area contributed by atoms with Gasteiger partial charge in [0.15, 0.2) is 5.96 Å². The van der Waals surface area contributed by atoms with E-state index in [0.29, 0.717) is 12.6 Å². The van der Waals surface area contributed by atoms with Gasteiger partial charge >= 0.3 is 0 Å². The second kappa shape index (κ2) is 9.22. The lowest BCUT2D eigenvalue weighted by molar-refractivity contribution is 0.460. The van der Waals surface area contributed by atoms with Crippen LogP contribution in [0.25, 0.3) is 11.3 Å². The summed E-state index contributed by atoms with van der Waals surface area (Å²) >= 11 is 0. The minimum atomic E-state index is 0. The molecule has 0 bridgehead atoms. The normalized spacial score (nSPS) is 19.2. The number of guanidine groups is 1. The molecule has 1 aliphatic rings. The van der Waals surface area contributed by atoms with Crippen LogP contribution >= 0.6 is 24.0 Å². The summed E-state index contributed by atoms with van der Waals surface area (Å²) < 4.78 is 0. The SMILES string of the molecule is CCCC1CC1NC(=NC)N(C)Cc1ncc(-c2ccccc2)[nH]1.I. The number of benzene rings is 1. The van der Waals surface area contributed by atoms with Gasteiger partial charge in [-0.05, 0) is 24.3 Å². The molecule has 1 aliphatic carbocycles. The minimum Gasteiger partial charge on any atom is -0.353 e. The van der Waals surface area contributed by atoms with Gasteiger partial charge in [-0.25, -0.2) is 4.98 Å². The maximum Gasteiger partial charge on any atom is 0.194 e. The molecule has 1 saturated carbocycles. The van der Waals surface area contributed by atoms with Crippen molar-refractivity contribution in [2.24, 2.45) is 10.9 Å². The van der Waals surface area contributed by atoms with Crippen molar-refractivity contribution < 1.29 is 0 Å². The Morgan fingerprint density at radius 1 is 1.36 bits per heavy atom. The number of nitrogens with zero attached hydrogens (tertiary/aromatic N) is 3. The molecule has 1 fully saturated rings. The average molecular weight is 453 g/mol. The van der Waals surface area contributed by atoms with E-state index in [1.54, 1.807) is 0 Å². The fourth-order valence-electron chi connectivity index (χ4n) is 3.13. The van der Waals surface area contributed by atoms with E-state index in [0.717, 1.165) is 29.0 Å². The molecular formula is C19H28IN5. The van der Waals surface area contributed by atoms with Gasteiger partial charge in [0, 0.05) is 20.1 Å². The molecule has 2 aromatic rings. The molecule has 0 radical (unpaired) electrons. The van der Waals surface area contributed by atoms with Crippen molar-refractivity contribution in [3.05, 3.63) is 42.4 Å². The zero-order valence-electron chi connectivity index (χ0n) is 15.2. The van der Waals surface area contributed by atoms with Crippen LogP contribution in [0.3, 0.4) is 0 Å². The molecule has 6 heteroatoms. The third kappa shape index (κ3) is 5.20. The van der Waals surface area contributed by atoms with E-state index < -0.39 is 0 Å². The predicted octanol–water partition coefficient (Wildman–Crippen LogP) is 3.89. The first kappa shape index (κ1) is 19.8. The highest BCUT2D eigenvalue weighted by atomic mass is 127. The Hall–Kier alpha value is -1.57. The van der Waals surface area contributed by atoms with Gasteiger partial charge < -0.3 is 15.2 Å². The van der Waals surface area contributed by atoms with Gasteiger partial charge in [-0.15, -0.1) is 24.0 Å². The van der Waals surface area contributed by atoms with E-state index in [-0.39, 0.29) is 24.0 Å². The summed E-state index contributed by atoms with van der Waals surface area (Å²) in [7, 11) is 3.89. The zero-order valence-corrected chi connectivity index (χ0v) is 17.5. The van der Waals surface area contributed by atoms with Gasteiger partial charge in [0.25, 0.3) is 0 Å². The number of aromatic nitrogens is 2. The molecule has 2 unspecified atom stereocenters. The van der Waals surface area contributed by atoms with Gasteiger partial charge in [-0.3, -0.25) is 4.99 Å². The Morgan fingerprint density at radius 2 is 2.12 bits per heavy atom. The van der Waals surface area contributed by atoms with Crippen LogP contribution in [0, 0.1) is 5.92 Å². The number of nitrogens with one attached hydrogen (secondary N) is 2. The molecule has 0 saturated heterocycles. The van der Waals surface area contributed by atoms with Crippen LogP contribution in [0.2, 0.25) is 0 Å². The topological polar surface area (TPSA) is 56.3 Å². The number of imidazole rings is 1. The Kier molecular flexibility index (Phi) is 7.28. The van der Waals surface area contributed by atoms with Gasteiger partial charge in [-0.2, -0.15) is 0 Å². The molecule has 3 rings (SSSR count). The van der Waals surface area contributed by atoms with Crippen molar-refractivity contribution in [3.8, 4) is 11.3 Å². The molecular weight excluding hydrogens is 425 g/mol. The Labute approximate surface area is 167 Å². The molecule has 136 valence electrons. The van der Waals surface area contributed by atoms with E-state index >= 15 is 0 Å². The Bertz CT molecular complexity index is 682. The second-order valence-electron chi connectivity index (χ2n) is 6.55. The van der Waals surface area contributed by atoms with Crippen LogP contribution in [-0.4, -0.2) is 41.0 Å². The Morgan fingerprint density at radius 3 is 2.80 bits per heavy atom. The lowest BCUT2D eigenvalue weighted by Gasteiger charge is -2.21. The van der Waals surface area contributed by atoms with Gasteiger partial charge in [0.05, 0.1) is 18.4 Å². The minimum absolute atomic E-state index is 0. The third-order valence-corrected chi connectivity index (χ3v) is 4.57. The largest absolute Gasteiger partial charge is 0.353 e. The molecule has 1 aromatic heterocycles. The van der Waals surface area contributed by atoms with Crippen molar-refractivity contribution in [2.75, 3.05) is 14.1 Å². The molecule has 25 heavy (non-hydrogen) atoms. The summed E-state index contributed by atoms with van der Waals surface area (Å²) in [6.07, 6.45) is 5.72. The van der Waals surface area contributed by atoms with E-state index in [9.17, 15) is 0 Å². The number of hydrogen-bond acceptors (Lipinski definition) is 2. The molecule has 2 atom stereocenters. The predicted molar refractivity (Wildman–Crippen MR) is 114 cm³/mol. The van der Waals surface area contributed by atoms with E-state index in [1.807, 2.05) is 31.4 Å². The van der Waals surface area contributed by atoms with Crippen molar-refractivity contribution in [1.29, 1.82) is 0 Å². The number of H-pyrrole nitrogens is 1. The first-order valence-corrected chi connectivity index (χ1v) is 8.75. The molecule has 0 amide bonds. The fourth-order valence-corrected chi connectivity index (χ4v) is 3.13. The number of halogens is 1. The van der Waals surface area contributed by atoms with Crippen LogP contribution in [0.4, 0.5) is 0 Å². The first-order chi connectivity index (χ1) is 11.7. The Balaban J connectivity index is 0.00000225. The summed E-state index contributed by atoms with van der Waals surface area (Å²) in [4.78, 5) is 14.4. The molecule has 0 aliphatic heterocycles. The highest BCUT2D eigenvalue weighted by Gasteiger charge is 2.37. The number of hydrogen-bond donors (Lipinski definition) is 2. The summed E-state index contributed by atoms with van der Waals surface area (Å²) in [5.74, 6) is 2.70. The van der Waals surface area contributed by atoms with Crippen molar-refractivity contribution >= 4 is 29.9 Å². The fraction of sp³-hybridized carbons (Fsp3) is 0.474. The van der Waals surface area contributed by atoms with Gasteiger partial charge in [0.2, 0.25) is 0 Å². The number of aliphatic imine (C=N–C) groups is 1. The van der Waals surface area contributed by atoms with Crippen LogP contribution in [0.15, 0.2) is 41.5 Å². The van der Waals surface area contributed by atoms with Crippen LogP contribution in [0.5, 0.6) is 0 Å². The molecule has 0 spiro atoms. The quantitative estimate of drug-likeness (QED) is 0.397. The van der Waals surface area contributed by atoms with Gasteiger partial charge in [-0.1, -0.05) is 43.7 Å². The highest BCUT2D eigenvalue weighted by Crippen LogP contribution is 2.34. The smallest absolute Gasteiger partial charge is 0.194 e. The lowest BCUT2D eigenvalue weighted by Crippen LogP contribution is -2.40. The maximum absolute atomic E-state index is 4.51. The summed E-state index contributed by atoms with van der Waals surface area (Å²) in [5, 5.41) is 3.57. The number of rotatable bonds is 6. The average Bonchev–Trinajstić information content (AvgIpc) is 3.16. The van der Waals surface area contributed by atoms with E-state index in [4.69, 9.17) is 0 Å². The van der Waals surface area contributed by atoms with Crippen molar-refractivity contribution in [2.45, 2.75) is 38.8 Å². The number of aromatic amines is 1. The maximum atomic E-state index is 4.51. The molecule has 2 N–H and O–H groups in total.